The number of hydrogen-bond donors (Lipinski definition) is 0. The van der Waals surface area contributed by atoms with Crippen molar-refractivity contribution in [1.29, 1.82) is 0 Å². The van der Waals surface area contributed by atoms with Gasteiger partial charge >= 0.3 is 0 Å². The predicted octanol–water partition coefficient (Wildman–Crippen LogP) is 1.44. The number of benzene rings is 1. The quantitative estimate of drug-likeness (QED) is 0.780. The second-order valence-corrected chi connectivity index (χ2v) is 4.92. The third-order valence-electron chi connectivity index (χ3n) is 3.35. The maximum absolute atomic E-state index is 11.8. The minimum Gasteiger partial charge on any atom is -0.378 e. The molecule has 1 saturated heterocycles. The van der Waals surface area contributed by atoms with E-state index in [0.717, 1.165) is 5.56 Å². The van der Waals surface area contributed by atoms with E-state index in [-0.39, 0.29) is 0 Å². The van der Waals surface area contributed by atoms with Gasteiger partial charge < -0.3 is 9.64 Å². The van der Waals surface area contributed by atoms with E-state index in [2.05, 4.69) is 0 Å². The van der Waals surface area contributed by atoms with E-state index in [1.165, 1.54) is 0 Å². The van der Waals surface area contributed by atoms with Crippen molar-refractivity contribution in [2.75, 3.05) is 31.2 Å². The van der Waals surface area contributed by atoms with Gasteiger partial charge in [-0.2, -0.15) is 0 Å². The average Bonchev–Trinajstić information content (AvgIpc) is 2.46. The third kappa shape index (κ3) is 2.07. The topological polar surface area (TPSA) is 46.6 Å². The number of hydrogen-bond acceptors (Lipinski definition) is 4. The van der Waals surface area contributed by atoms with Crippen LogP contribution in [0.3, 0.4) is 0 Å². The highest BCUT2D eigenvalue weighted by Gasteiger charge is 2.27. The van der Waals surface area contributed by atoms with E-state index in [1.807, 2.05) is 4.90 Å². The summed E-state index contributed by atoms with van der Waals surface area (Å²) >= 11 is 5.83. The van der Waals surface area contributed by atoms with Gasteiger partial charge in [0.25, 0.3) is 0 Å². The first-order valence-electron chi connectivity index (χ1n) is 6.10. The van der Waals surface area contributed by atoms with Crippen LogP contribution in [-0.2, 0) is 4.74 Å². The molecule has 0 N–H and O–H groups in total. The molecule has 0 aliphatic carbocycles. The van der Waals surface area contributed by atoms with Gasteiger partial charge in [-0.15, -0.1) is 0 Å². The number of anilines is 1. The number of morpholine rings is 1. The Kier molecular flexibility index (Phi) is 3.12. The number of halogens is 1. The fraction of sp³-hybridized carbons (Fsp3) is 0.286. The minimum atomic E-state index is -0.413. The first-order valence-corrected chi connectivity index (χ1v) is 6.48. The Morgan fingerprint density at radius 2 is 1.63 bits per heavy atom. The van der Waals surface area contributed by atoms with E-state index in [9.17, 15) is 9.59 Å². The monoisotopic (exact) mass is 277 g/mol. The molecule has 4 nitrogen and oxygen atoms in total. The summed E-state index contributed by atoms with van der Waals surface area (Å²) < 4.78 is 5.26. The van der Waals surface area contributed by atoms with Crippen LogP contribution in [0.1, 0.15) is 0 Å². The molecule has 0 aromatic heterocycles. The lowest BCUT2D eigenvalue weighted by molar-refractivity contribution is 0.122. The summed E-state index contributed by atoms with van der Waals surface area (Å²) in [5.41, 5.74) is 0.963. The molecule has 0 amide bonds. The van der Waals surface area contributed by atoms with Gasteiger partial charge in [-0.3, -0.25) is 9.59 Å². The molecule has 98 valence electrons. The largest absolute Gasteiger partial charge is 0.378 e. The summed E-state index contributed by atoms with van der Waals surface area (Å²) in [6.45, 7) is 2.45. The van der Waals surface area contributed by atoms with Crippen molar-refractivity contribution in [3.63, 3.8) is 0 Å². The van der Waals surface area contributed by atoms with Gasteiger partial charge in [0.2, 0.25) is 10.9 Å². The van der Waals surface area contributed by atoms with Gasteiger partial charge in [0.05, 0.1) is 18.8 Å². The number of rotatable bonds is 2. The number of ether oxygens (including phenoxy) is 1. The fourth-order valence-electron chi connectivity index (χ4n) is 2.35. The predicted molar refractivity (Wildman–Crippen MR) is 74.8 cm³/mol. The second kappa shape index (κ2) is 4.79. The van der Waals surface area contributed by atoms with Crippen molar-refractivity contribution in [3.8, 4) is 11.1 Å². The molecule has 3 rings (SSSR count). The molecule has 1 fully saturated rings. The number of nitrogens with zero attached hydrogens (tertiary/aromatic N) is 1. The van der Waals surface area contributed by atoms with Crippen LogP contribution in [0.25, 0.3) is 11.1 Å². The summed E-state index contributed by atoms with van der Waals surface area (Å²) in [4.78, 5) is 25.5. The van der Waals surface area contributed by atoms with Crippen LogP contribution in [0.15, 0.2) is 33.9 Å². The molecule has 0 atom stereocenters. The van der Waals surface area contributed by atoms with Gasteiger partial charge in [-0.25, -0.2) is 0 Å². The van der Waals surface area contributed by atoms with Crippen molar-refractivity contribution in [2.24, 2.45) is 0 Å². The Balaban J connectivity index is 2.02. The van der Waals surface area contributed by atoms with E-state index < -0.39 is 10.9 Å². The van der Waals surface area contributed by atoms with Crippen LogP contribution in [0.2, 0.25) is 5.02 Å². The van der Waals surface area contributed by atoms with Crippen LogP contribution in [0, 0.1) is 0 Å². The van der Waals surface area contributed by atoms with Crippen molar-refractivity contribution >= 4 is 17.3 Å². The van der Waals surface area contributed by atoms with E-state index in [4.69, 9.17) is 16.3 Å². The molecular formula is C14H12ClNO3. The maximum atomic E-state index is 11.8. The van der Waals surface area contributed by atoms with E-state index >= 15 is 0 Å². The molecule has 2 aromatic carbocycles. The van der Waals surface area contributed by atoms with E-state index in [0.29, 0.717) is 42.6 Å². The lowest BCUT2D eigenvalue weighted by Gasteiger charge is -2.30. The van der Waals surface area contributed by atoms with Gasteiger partial charge in [-0.1, -0.05) is 23.7 Å². The molecular weight excluding hydrogens is 266 g/mol. The molecule has 1 aliphatic heterocycles. The van der Waals surface area contributed by atoms with Crippen molar-refractivity contribution in [3.05, 3.63) is 49.7 Å². The standard InChI is InChI=1S/C14H12ClNO3/c15-10-3-1-9(2-4-10)11-12(14(18)13(11)17)16-5-7-19-8-6-16/h1-4H,5-8H2. The third-order valence-corrected chi connectivity index (χ3v) is 3.60. The molecule has 5 heteroatoms. The first kappa shape index (κ1) is 12.4. The fourth-order valence-corrected chi connectivity index (χ4v) is 2.48. The van der Waals surface area contributed by atoms with Crippen LogP contribution in [-0.4, -0.2) is 26.3 Å². The SMILES string of the molecule is O=c1c(-c2ccc(Cl)cc2)c(N2CCOCC2)c1=O. The Morgan fingerprint density at radius 1 is 1.00 bits per heavy atom. The Hall–Kier alpha value is -1.65. The Morgan fingerprint density at radius 3 is 2.26 bits per heavy atom. The molecule has 1 aliphatic rings. The average molecular weight is 278 g/mol. The zero-order chi connectivity index (χ0) is 13.4. The van der Waals surface area contributed by atoms with Crippen LogP contribution >= 0.6 is 11.6 Å². The van der Waals surface area contributed by atoms with Crippen LogP contribution in [0.4, 0.5) is 5.69 Å². The lowest BCUT2D eigenvalue weighted by atomic mass is 9.97. The normalized spacial score (nSPS) is 15.9. The lowest BCUT2D eigenvalue weighted by Crippen LogP contribution is -2.46. The van der Waals surface area contributed by atoms with E-state index in [1.54, 1.807) is 24.3 Å². The van der Waals surface area contributed by atoms with Crippen molar-refractivity contribution in [1.82, 2.24) is 0 Å². The zero-order valence-corrected chi connectivity index (χ0v) is 10.9. The highest BCUT2D eigenvalue weighted by molar-refractivity contribution is 6.30. The highest BCUT2D eigenvalue weighted by Crippen LogP contribution is 2.28. The Labute approximate surface area is 114 Å². The summed E-state index contributed by atoms with van der Waals surface area (Å²) in [6, 6.07) is 6.97. The van der Waals surface area contributed by atoms with Gasteiger partial charge in [0, 0.05) is 18.1 Å². The second-order valence-electron chi connectivity index (χ2n) is 4.49. The Bertz CT molecular complexity index is 665. The molecule has 0 spiro atoms. The summed E-state index contributed by atoms with van der Waals surface area (Å²) in [7, 11) is 0. The van der Waals surface area contributed by atoms with Crippen molar-refractivity contribution in [2.45, 2.75) is 0 Å². The molecule has 1 heterocycles. The van der Waals surface area contributed by atoms with Gasteiger partial charge in [0.15, 0.2) is 0 Å². The summed E-state index contributed by atoms with van der Waals surface area (Å²) in [5, 5.41) is 0.607. The molecule has 0 unspecified atom stereocenters. The molecule has 19 heavy (non-hydrogen) atoms. The smallest absolute Gasteiger partial charge is 0.250 e. The molecule has 0 bridgehead atoms. The molecule has 0 saturated carbocycles. The van der Waals surface area contributed by atoms with Gasteiger partial charge in [0.1, 0.15) is 5.69 Å². The first-order chi connectivity index (χ1) is 9.18. The summed E-state index contributed by atoms with van der Waals surface area (Å²) in [6.07, 6.45) is 0. The van der Waals surface area contributed by atoms with Crippen molar-refractivity contribution < 1.29 is 4.74 Å². The minimum absolute atomic E-state index is 0.396. The summed E-state index contributed by atoms with van der Waals surface area (Å²) in [5.74, 6) is 0. The highest BCUT2D eigenvalue weighted by atomic mass is 35.5. The molecule has 0 radical (unpaired) electrons. The van der Waals surface area contributed by atoms with Crippen LogP contribution < -0.4 is 15.8 Å². The zero-order valence-electron chi connectivity index (χ0n) is 10.2. The maximum Gasteiger partial charge on any atom is 0.250 e. The van der Waals surface area contributed by atoms with Gasteiger partial charge in [-0.05, 0) is 17.7 Å². The molecule has 2 aromatic rings. The van der Waals surface area contributed by atoms with Crippen LogP contribution in [0.5, 0.6) is 0 Å².